The van der Waals surface area contributed by atoms with E-state index in [4.69, 9.17) is 6.57 Å². The Bertz CT molecular complexity index is 4350. The number of hydrogen-bond acceptors (Lipinski definition) is 1. The molecule has 4 aromatic heterocycles. The number of rotatable bonds is 1. The van der Waals surface area contributed by atoms with Crippen molar-refractivity contribution < 1.29 is 4.79 Å². The van der Waals surface area contributed by atoms with Gasteiger partial charge < -0.3 is 8.80 Å². The van der Waals surface area contributed by atoms with Crippen LogP contribution in [0, 0.1) is 44.1 Å². The van der Waals surface area contributed by atoms with E-state index in [0.717, 1.165) is 60.3 Å². The lowest BCUT2D eigenvalue weighted by atomic mass is 9.48. The lowest BCUT2D eigenvalue weighted by Crippen LogP contribution is -2.48. The van der Waals surface area contributed by atoms with Gasteiger partial charge in [-0.05, 0) is 216 Å². The molecular formula is C68H57N3O. The normalized spacial score (nSPS) is 26.9. The molecule has 0 radical (unpaired) electrons. The van der Waals surface area contributed by atoms with E-state index in [2.05, 4.69) is 139 Å². The average molecular weight is 932 g/mol. The molecule has 0 spiro atoms. The van der Waals surface area contributed by atoms with Crippen LogP contribution in [0.25, 0.3) is 81.0 Å². The minimum absolute atomic E-state index is 0.0175. The van der Waals surface area contributed by atoms with Crippen molar-refractivity contribution in [2.75, 3.05) is 0 Å². The highest BCUT2D eigenvalue weighted by Crippen LogP contribution is 2.64. The van der Waals surface area contributed by atoms with Gasteiger partial charge in [0.1, 0.15) is 0 Å². The van der Waals surface area contributed by atoms with E-state index >= 15 is 0 Å². The molecular weight excluding hydrogens is 875 g/mol. The predicted molar refractivity (Wildman–Crippen MR) is 294 cm³/mol. The molecule has 5 saturated carbocycles. The summed E-state index contributed by atoms with van der Waals surface area (Å²) < 4.78 is 5.26. The van der Waals surface area contributed by atoms with Crippen molar-refractivity contribution in [2.24, 2.45) is 23.7 Å². The number of hydrogen-bond donors (Lipinski definition) is 0. The standard InChI is InChI=1S/C68H57N3O/c1-32-55-45(37-15-17-38(18-16-37)66(55)72)26-51-50-25-40(68-29-34-19-35(30-68)21-36(20-34)31-68)24-49-47-28-54-46(27-53(47)70(62(32)51)64(49)50)48-22-39(67(3,4)5)23-52-58-59-56-41-11-7-9-13-43(41)57(44-14-10-8-12-42(44)56)60(59)61(69-6)33(2)63(58)71(54)65(48)52/h7-14,22-28,34-38,56-57H,15-21,29-31H2,1-5H3. The van der Waals surface area contributed by atoms with Gasteiger partial charge in [0.2, 0.25) is 0 Å². The second-order valence-electron chi connectivity index (χ2n) is 25.9. The Labute approximate surface area is 419 Å². The maximum Gasteiger partial charge on any atom is 0.196 e. The first-order chi connectivity index (χ1) is 35.0. The minimum atomic E-state index is -0.101. The van der Waals surface area contributed by atoms with E-state index in [1.165, 1.54) is 165 Å². The van der Waals surface area contributed by atoms with Gasteiger partial charge in [0.15, 0.2) is 11.5 Å². The highest BCUT2D eigenvalue weighted by atomic mass is 16.1. The Morgan fingerprint density at radius 2 is 1.06 bits per heavy atom. The molecule has 350 valence electrons. The van der Waals surface area contributed by atoms with E-state index in [1.807, 2.05) is 0 Å². The molecule has 0 N–H and O–H groups in total. The molecule has 5 fully saturated rings. The number of fused-ring (bicyclic) bond motifs is 14. The Kier molecular flexibility index (Phi) is 7.04. The van der Waals surface area contributed by atoms with Crippen LogP contribution in [0.2, 0.25) is 0 Å². The van der Waals surface area contributed by atoms with Crippen LogP contribution in [0.5, 0.6) is 0 Å². The summed E-state index contributed by atoms with van der Waals surface area (Å²) in [6.07, 6.45) is 12.6. The van der Waals surface area contributed by atoms with Crippen LogP contribution in [0.4, 0.5) is 5.69 Å². The minimum Gasteiger partial charge on any atom is -0.309 e. The van der Waals surface area contributed by atoms with Gasteiger partial charge in [-0.25, -0.2) is 4.85 Å². The molecule has 0 unspecified atom stereocenters. The summed E-state index contributed by atoms with van der Waals surface area (Å²) in [7, 11) is 0. The molecule has 4 heteroatoms. The number of carbonyl (C=O) groups is 1. The third-order valence-corrected chi connectivity index (χ3v) is 21.4. The molecule has 0 atom stereocenters. The predicted octanol–water partition coefficient (Wildman–Crippen LogP) is 17.4. The number of aryl methyl sites for hydroxylation is 2. The second-order valence-corrected chi connectivity index (χ2v) is 25.9. The Morgan fingerprint density at radius 3 is 1.64 bits per heavy atom. The van der Waals surface area contributed by atoms with Gasteiger partial charge in [-0.3, -0.25) is 4.79 Å². The van der Waals surface area contributed by atoms with Crippen molar-refractivity contribution in [2.45, 2.75) is 127 Å². The van der Waals surface area contributed by atoms with E-state index in [1.54, 1.807) is 5.56 Å². The molecule has 0 amide bonds. The van der Waals surface area contributed by atoms with Gasteiger partial charge >= 0.3 is 0 Å². The van der Waals surface area contributed by atoms with E-state index in [-0.39, 0.29) is 28.6 Å². The van der Waals surface area contributed by atoms with Gasteiger partial charge in [-0.1, -0.05) is 69.3 Å². The molecule has 10 aliphatic rings. The first kappa shape index (κ1) is 39.9. The summed E-state index contributed by atoms with van der Waals surface area (Å²) in [6.45, 7) is 20.7. The van der Waals surface area contributed by atoms with Crippen molar-refractivity contribution in [1.82, 2.24) is 8.80 Å². The van der Waals surface area contributed by atoms with Gasteiger partial charge in [0.25, 0.3) is 0 Å². The maximum absolute atomic E-state index is 14.7. The summed E-state index contributed by atoms with van der Waals surface area (Å²) in [5.41, 5.74) is 24.1. The summed E-state index contributed by atoms with van der Waals surface area (Å²) in [4.78, 5) is 19.3. The van der Waals surface area contributed by atoms with Crippen LogP contribution in [-0.2, 0) is 10.8 Å². The van der Waals surface area contributed by atoms with Crippen LogP contribution in [0.15, 0.2) is 91.0 Å². The number of nitrogens with zero attached hydrogens (tertiary/aromatic N) is 3. The zero-order valence-corrected chi connectivity index (χ0v) is 42.0. The number of aromatic nitrogens is 2. The SMILES string of the molecule is [C-]#[N+]c1c2c(c3c4cc(C(C)(C)C)cc5c6cc7c(cc6n(c3c1C)c54)c1cc(C34CC5CC(CC(C5)C3)C4)cc3c4cc5c(c(C)c4n7c13)C(=O)C1CCC5CC1)C1c3ccccc3C2c2ccccc21. The zero-order valence-electron chi connectivity index (χ0n) is 42.0. The monoisotopic (exact) mass is 931 g/mol. The molecule has 21 rings (SSSR count). The lowest BCUT2D eigenvalue weighted by Gasteiger charge is -2.57. The van der Waals surface area contributed by atoms with Crippen LogP contribution >= 0.6 is 0 Å². The first-order valence-electron chi connectivity index (χ1n) is 27.6. The molecule has 7 aromatic carbocycles. The fraction of sp³-hybridized carbons (Fsp3) is 0.353. The molecule has 0 aliphatic heterocycles. The van der Waals surface area contributed by atoms with Crippen molar-refractivity contribution >= 4 is 87.7 Å². The number of Topliss-reactive ketones (excluding diaryl/α,β-unsaturated/α-hetero) is 1. The van der Waals surface area contributed by atoms with Crippen molar-refractivity contribution in [3.05, 3.63) is 169 Å². The van der Waals surface area contributed by atoms with Crippen molar-refractivity contribution in [3.63, 3.8) is 0 Å². The smallest absolute Gasteiger partial charge is 0.196 e. The molecule has 4 heterocycles. The highest BCUT2D eigenvalue weighted by Gasteiger charge is 2.52. The third-order valence-electron chi connectivity index (χ3n) is 21.4. The van der Waals surface area contributed by atoms with Gasteiger partial charge in [0.05, 0.1) is 34.2 Å². The highest BCUT2D eigenvalue weighted by molar-refractivity contribution is 6.31. The van der Waals surface area contributed by atoms with Crippen LogP contribution in [-0.4, -0.2) is 14.6 Å². The quantitative estimate of drug-likeness (QED) is 0.151. The van der Waals surface area contributed by atoms with E-state index in [9.17, 15) is 4.79 Å². The summed E-state index contributed by atoms with van der Waals surface area (Å²) in [5, 5.41) is 10.6. The molecule has 4 nitrogen and oxygen atoms in total. The Hall–Kier alpha value is -6.70. The first-order valence-corrected chi connectivity index (χ1v) is 27.6. The third kappa shape index (κ3) is 4.48. The largest absolute Gasteiger partial charge is 0.309 e. The van der Waals surface area contributed by atoms with Crippen LogP contribution in [0.3, 0.4) is 0 Å². The van der Waals surface area contributed by atoms with Gasteiger partial charge in [-0.15, -0.1) is 0 Å². The van der Waals surface area contributed by atoms with Gasteiger partial charge in [-0.2, -0.15) is 0 Å². The van der Waals surface area contributed by atoms with Crippen LogP contribution in [0.1, 0.15) is 174 Å². The summed E-state index contributed by atoms with van der Waals surface area (Å²) >= 11 is 0. The summed E-state index contributed by atoms with van der Waals surface area (Å²) in [5.74, 6) is 3.62. The average Bonchev–Trinajstić information content (AvgIpc) is 4.06. The molecule has 72 heavy (non-hydrogen) atoms. The molecule has 0 saturated heterocycles. The zero-order chi connectivity index (χ0) is 47.7. The van der Waals surface area contributed by atoms with Crippen molar-refractivity contribution in [1.29, 1.82) is 0 Å². The second kappa shape index (κ2) is 12.7. The number of ketones is 1. The molecule has 8 bridgehead atoms. The Balaban J connectivity index is 1.02. The fourth-order valence-electron chi connectivity index (χ4n) is 18.9. The molecule has 10 aliphatic carbocycles. The van der Waals surface area contributed by atoms with E-state index in [0.29, 0.717) is 11.7 Å². The van der Waals surface area contributed by atoms with Gasteiger partial charge in [0, 0.05) is 71.9 Å². The number of benzene rings is 7. The van der Waals surface area contributed by atoms with Crippen molar-refractivity contribution in [3.8, 4) is 0 Å². The fourth-order valence-corrected chi connectivity index (χ4v) is 18.9. The van der Waals surface area contributed by atoms with E-state index < -0.39 is 0 Å². The Morgan fingerprint density at radius 1 is 0.556 bits per heavy atom. The lowest BCUT2D eigenvalue weighted by molar-refractivity contribution is -0.00508. The molecule has 11 aromatic rings. The number of carbonyl (C=O) groups excluding carboxylic acids is 1. The summed E-state index contributed by atoms with van der Waals surface area (Å²) in [6, 6.07) is 36.3. The van der Waals surface area contributed by atoms with Crippen LogP contribution < -0.4 is 0 Å². The topological polar surface area (TPSA) is 30.2 Å². The maximum atomic E-state index is 14.7.